The van der Waals surface area contributed by atoms with Crippen LogP contribution in [0.5, 0.6) is 0 Å². The molecule has 0 unspecified atom stereocenters. The number of hydrogen-bond donors (Lipinski definition) is 1. The molecule has 2 aromatic carbocycles. The van der Waals surface area contributed by atoms with Crippen LogP contribution in [0.3, 0.4) is 0 Å². The molecule has 3 amide bonds. The molecule has 8 heteroatoms. The molecule has 1 atom stereocenters. The van der Waals surface area contributed by atoms with Crippen LogP contribution in [0.25, 0.3) is 0 Å². The Morgan fingerprint density at radius 3 is 2.27 bits per heavy atom. The summed E-state index contributed by atoms with van der Waals surface area (Å²) in [5.74, 6) is -2.65. The SMILES string of the molecule is CC(C)CNC(=O)[C@@H](C)OC(=O)c1ccc2c(c1)C(=O)N(c1ccc(F)cc1)C2=O. The van der Waals surface area contributed by atoms with Gasteiger partial charge in [0.25, 0.3) is 17.7 Å². The molecule has 0 radical (unpaired) electrons. The molecule has 3 rings (SSSR count). The van der Waals surface area contributed by atoms with E-state index in [4.69, 9.17) is 4.74 Å². The lowest BCUT2D eigenvalue weighted by atomic mass is 10.1. The van der Waals surface area contributed by atoms with Crippen LogP contribution in [0.1, 0.15) is 51.8 Å². The summed E-state index contributed by atoms with van der Waals surface area (Å²) < 4.78 is 18.3. The molecule has 30 heavy (non-hydrogen) atoms. The van der Waals surface area contributed by atoms with Crippen molar-refractivity contribution < 1.29 is 28.3 Å². The van der Waals surface area contributed by atoms with Crippen LogP contribution >= 0.6 is 0 Å². The van der Waals surface area contributed by atoms with E-state index in [-0.39, 0.29) is 28.3 Å². The van der Waals surface area contributed by atoms with Crippen molar-refractivity contribution in [2.75, 3.05) is 11.4 Å². The molecule has 1 aliphatic rings. The molecule has 0 fully saturated rings. The summed E-state index contributed by atoms with van der Waals surface area (Å²) in [6.45, 7) is 5.78. The van der Waals surface area contributed by atoms with Crippen molar-refractivity contribution in [3.8, 4) is 0 Å². The standard InChI is InChI=1S/C22H21FN2O5/c1-12(2)11-24-19(26)13(3)30-22(29)14-4-9-17-18(10-14)21(28)25(20(17)27)16-7-5-15(23)6-8-16/h4-10,12-13H,11H2,1-3H3,(H,24,26)/t13-/m1/s1. The van der Waals surface area contributed by atoms with Crippen LogP contribution in [-0.4, -0.2) is 36.3 Å². The first-order chi connectivity index (χ1) is 14.2. The maximum absolute atomic E-state index is 13.2. The number of rotatable bonds is 6. The number of nitrogens with one attached hydrogen (secondary N) is 1. The van der Waals surface area contributed by atoms with Crippen LogP contribution in [0.2, 0.25) is 0 Å². The molecule has 7 nitrogen and oxygen atoms in total. The summed E-state index contributed by atoms with van der Waals surface area (Å²) >= 11 is 0. The summed E-state index contributed by atoms with van der Waals surface area (Å²) in [7, 11) is 0. The molecule has 0 saturated carbocycles. The predicted molar refractivity (Wildman–Crippen MR) is 107 cm³/mol. The molecular formula is C22H21FN2O5. The van der Waals surface area contributed by atoms with Gasteiger partial charge in [0.15, 0.2) is 6.10 Å². The van der Waals surface area contributed by atoms with Gasteiger partial charge in [0.1, 0.15) is 5.82 Å². The summed E-state index contributed by atoms with van der Waals surface area (Å²) in [5, 5.41) is 2.67. The van der Waals surface area contributed by atoms with Crippen LogP contribution in [0, 0.1) is 11.7 Å². The molecule has 1 heterocycles. The van der Waals surface area contributed by atoms with Crippen LogP contribution in [0.15, 0.2) is 42.5 Å². The second-order valence-corrected chi connectivity index (χ2v) is 7.37. The molecule has 0 aliphatic carbocycles. The Balaban J connectivity index is 1.76. The molecule has 0 aromatic heterocycles. The van der Waals surface area contributed by atoms with E-state index in [1.165, 1.54) is 37.3 Å². The van der Waals surface area contributed by atoms with Gasteiger partial charge in [-0.1, -0.05) is 13.8 Å². The third-order valence-electron chi connectivity index (χ3n) is 4.54. The average Bonchev–Trinajstić information content (AvgIpc) is 2.96. The van der Waals surface area contributed by atoms with Gasteiger partial charge < -0.3 is 10.1 Å². The van der Waals surface area contributed by atoms with E-state index in [1.807, 2.05) is 13.8 Å². The fraction of sp³-hybridized carbons (Fsp3) is 0.273. The Hall–Kier alpha value is -3.55. The summed E-state index contributed by atoms with van der Waals surface area (Å²) in [6.07, 6.45) is -1.02. The lowest BCUT2D eigenvalue weighted by Crippen LogP contribution is -2.37. The number of fused-ring (bicyclic) bond motifs is 1. The van der Waals surface area contributed by atoms with E-state index in [0.717, 1.165) is 17.0 Å². The summed E-state index contributed by atoms with van der Waals surface area (Å²) in [5.41, 5.74) is 0.431. The van der Waals surface area contributed by atoms with Crippen molar-refractivity contribution in [1.29, 1.82) is 0 Å². The van der Waals surface area contributed by atoms with Crippen molar-refractivity contribution in [1.82, 2.24) is 5.32 Å². The Morgan fingerprint density at radius 2 is 1.63 bits per heavy atom. The fourth-order valence-corrected chi connectivity index (χ4v) is 2.92. The maximum atomic E-state index is 13.2. The Morgan fingerprint density at radius 1 is 1.00 bits per heavy atom. The van der Waals surface area contributed by atoms with Crippen molar-refractivity contribution in [3.05, 3.63) is 65.0 Å². The van der Waals surface area contributed by atoms with Gasteiger partial charge >= 0.3 is 5.97 Å². The minimum absolute atomic E-state index is 0.0377. The van der Waals surface area contributed by atoms with Gasteiger partial charge in [-0.25, -0.2) is 14.1 Å². The van der Waals surface area contributed by atoms with E-state index in [1.54, 1.807) is 0 Å². The summed E-state index contributed by atoms with van der Waals surface area (Å²) in [6, 6.07) is 8.92. The number of nitrogens with zero attached hydrogens (tertiary/aromatic N) is 1. The number of amides is 3. The molecule has 1 aliphatic heterocycles. The Labute approximate surface area is 172 Å². The lowest BCUT2D eigenvalue weighted by Gasteiger charge is -2.14. The number of ether oxygens (including phenoxy) is 1. The van der Waals surface area contributed by atoms with Gasteiger partial charge in [-0.15, -0.1) is 0 Å². The van der Waals surface area contributed by atoms with E-state index in [0.29, 0.717) is 6.54 Å². The molecule has 0 spiro atoms. The second kappa shape index (κ2) is 8.44. The number of hydrogen-bond acceptors (Lipinski definition) is 5. The van der Waals surface area contributed by atoms with Crippen molar-refractivity contribution in [3.63, 3.8) is 0 Å². The first-order valence-corrected chi connectivity index (χ1v) is 9.46. The number of benzene rings is 2. The zero-order chi connectivity index (χ0) is 22.0. The highest BCUT2D eigenvalue weighted by Gasteiger charge is 2.37. The Kier molecular flexibility index (Phi) is 5.96. The van der Waals surface area contributed by atoms with E-state index >= 15 is 0 Å². The Bertz CT molecular complexity index is 1020. The van der Waals surface area contributed by atoms with E-state index in [9.17, 15) is 23.6 Å². The monoisotopic (exact) mass is 412 g/mol. The van der Waals surface area contributed by atoms with Crippen molar-refractivity contribution in [2.45, 2.75) is 26.9 Å². The van der Waals surface area contributed by atoms with Crippen molar-refractivity contribution in [2.24, 2.45) is 5.92 Å². The van der Waals surface area contributed by atoms with Gasteiger partial charge in [0.2, 0.25) is 0 Å². The second-order valence-electron chi connectivity index (χ2n) is 7.37. The van der Waals surface area contributed by atoms with Crippen LogP contribution in [0.4, 0.5) is 10.1 Å². The lowest BCUT2D eigenvalue weighted by molar-refractivity contribution is -0.129. The average molecular weight is 412 g/mol. The van der Waals surface area contributed by atoms with Gasteiger partial charge in [0.05, 0.1) is 22.4 Å². The fourth-order valence-electron chi connectivity index (χ4n) is 2.92. The maximum Gasteiger partial charge on any atom is 0.338 e. The molecule has 0 bridgehead atoms. The zero-order valence-electron chi connectivity index (χ0n) is 16.8. The minimum Gasteiger partial charge on any atom is -0.449 e. The van der Waals surface area contributed by atoms with Gasteiger partial charge in [-0.2, -0.15) is 0 Å². The quantitative estimate of drug-likeness (QED) is 0.582. The number of esters is 1. The minimum atomic E-state index is -1.02. The van der Waals surface area contributed by atoms with Crippen molar-refractivity contribution >= 4 is 29.4 Å². The smallest absolute Gasteiger partial charge is 0.338 e. The number of carbonyl (C=O) groups excluding carboxylic acids is 4. The number of imide groups is 1. The van der Waals surface area contributed by atoms with E-state index in [2.05, 4.69) is 5.32 Å². The molecule has 0 saturated heterocycles. The highest BCUT2D eigenvalue weighted by atomic mass is 19.1. The number of carbonyl (C=O) groups is 4. The van der Waals surface area contributed by atoms with Crippen LogP contribution < -0.4 is 10.2 Å². The molecule has 2 aromatic rings. The predicted octanol–water partition coefficient (Wildman–Crippen LogP) is 2.94. The van der Waals surface area contributed by atoms with Gasteiger partial charge in [0, 0.05) is 6.54 Å². The summed E-state index contributed by atoms with van der Waals surface area (Å²) in [4.78, 5) is 50.7. The van der Waals surface area contributed by atoms with Crippen LogP contribution in [-0.2, 0) is 9.53 Å². The number of anilines is 1. The third-order valence-corrected chi connectivity index (χ3v) is 4.54. The first kappa shape index (κ1) is 21.2. The third kappa shape index (κ3) is 4.22. The topological polar surface area (TPSA) is 92.8 Å². The highest BCUT2D eigenvalue weighted by molar-refractivity contribution is 6.34. The highest BCUT2D eigenvalue weighted by Crippen LogP contribution is 2.29. The normalized spacial score (nSPS) is 14.0. The van der Waals surface area contributed by atoms with Gasteiger partial charge in [-0.3, -0.25) is 14.4 Å². The zero-order valence-corrected chi connectivity index (χ0v) is 16.8. The molecule has 156 valence electrons. The van der Waals surface area contributed by atoms with Gasteiger partial charge in [-0.05, 0) is 55.3 Å². The molecular weight excluding hydrogens is 391 g/mol. The number of halogens is 1. The van der Waals surface area contributed by atoms with E-state index < -0.39 is 35.6 Å². The molecule has 1 N–H and O–H groups in total. The first-order valence-electron chi connectivity index (χ1n) is 9.46. The largest absolute Gasteiger partial charge is 0.449 e.